The van der Waals surface area contributed by atoms with E-state index in [4.69, 9.17) is 9.15 Å². The lowest BCUT2D eigenvalue weighted by Crippen LogP contribution is -2.43. The average molecular weight is 449 g/mol. The first-order valence-corrected chi connectivity index (χ1v) is 10.4. The predicted molar refractivity (Wildman–Crippen MR) is 118 cm³/mol. The van der Waals surface area contributed by atoms with Crippen LogP contribution in [0.25, 0.3) is 16.8 Å². The molecular formula is C24H20FN3O5. The maximum absolute atomic E-state index is 13.7. The summed E-state index contributed by atoms with van der Waals surface area (Å²) in [7, 11) is 0. The number of benzene rings is 2. The molecule has 1 N–H and O–H groups in total. The van der Waals surface area contributed by atoms with E-state index in [1.807, 2.05) is 0 Å². The van der Waals surface area contributed by atoms with Crippen molar-refractivity contribution in [3.8, 4) is 5.69 Å². The van der Waals surface area contributed by atoms with Crippen LogP contribution in [0.3, 0.4) is 0 Å². The van der Waals surface area contributed by atoms with Crippen LogP contribution in [-0.4, -0.2) is 40.1 Å². The van der Waals surface area contributed by atoms with E-state index in [0.29, 0.717) is 17.8 Å². The summed E-state index contributed by atoms with van der Waals surface area (Å²) in [6.45, 7) is 2.31. The van der Waals surface area contributed by atoms with Crippen molar-refractivity contribution in [1.29, 1.82) is 0 Å². The number of H-pyrrole nitrogens is 1. The average Bonchev–Trinajstić information content (AvgIpc) is 3.15. The molecular weight excluding hydrogens is 429 g/mol. The minimum atomic E-state index is -0.663. The lowest BCUT2D eigenvalue weighted by Gasteiger charge is -2.33. The summed E-state index contributed by atoms with van der Waals surface area (Å²) in [5.74, 6) is -0.580. The highest BCUT2D eigenvalue weighted by Crippen LogP contribution is 2.27. The van der Waals surface area contributed by atoms with Gasteiger partial charge in [0, 0.05) is 6.54 Å². The number of halogens is 1. The Morgan fingerprint density at radius 1 is 1.12 bits per heavy atom. The van der Waals surface area contributed by atoms with Crippen LogP contribution in [-0.2, 0) is 4.74 Å². The third-order valence-electron chi connectivity index (χ3n) is 5.73. The Morgan fingerprint density at radius 3 is 2.67 bits per heavy atom. The van der Waals surface area contributed by atoms with Crippen LogP contribution in [0.2, 0.25) is 0 Å². The minimum absolute atomic E-state index is 0.00903. The zero-order chi connectivity index (χ0) is 23.1. The third-order valence-corrected chi connectivity index (χ3v) is 5.73. The van der Waals surface area contributed by atoms with Gasteiger partial charge in [0.1, 0.15) is 23.1 Å². The molecule has 8 nitrogen and oxygen atoms in total. The topological polar surface area (TPSA) is 97.5 Å². The fourth-order valence-corrected chi connectivity index (χ4v) is 4.16. The first kappa shape index (κ1) is 20.9. The number of fused-ring (bicyclic) bond motifs is 1. The molecule has 0 saturated carbocycles. The highest BCUT2D eigenvalue weighted by molar-refractivity contribution is 6.06. The van der Waals surface area contributed by atoms with Gasteiger partial charge in [0.25, 0.3) is 11.5 Å². The molecule has 168 valence electrons. The number of carbonyl (C=O) groups is 1. The Hall–Kier alpha value is -3.98. The van der Waals surface area contributed by atoms with Crippen LogP contribution in [0.4, 0.5) is 4.39 Å². The summed E-state index contributed by atoms with van der Waals surface area (Å²) < 4.78 is 26.0. The molecule has 1 aliphatic rings. The van der Waals surface area contributed by atoms with Gasteiger partial charge in [0.15, 0.2) is 0 Å². The molecule has 0 aliphatic carbocycles. The van der Waals surface area contributed by atoms with Crippen LogP contribution in [0.5, 0.6) is 0 Å². The van der Waals surface area contributed by atoms with Gasteiger partial charge in [0.05, 0.1) is 24.4 Å². The van der Waals surface area contributed by atoms with E-state index in [1.54, 1.807) is 54.3 Å². The first-order valence-electron chi connectivity index (χ1n) is 10.4. The molecule has 0 bridgehead atoms. The number of ether oxygens (including phenoxy) is 1. The molecule has 5 rings (SSSR count). The van der Waals surface area contributed by atoms with Gasteiger partial charge in [0.2, 0.25) is 5.71 Å². The van der Waals surface area contributed by atoms with E-state index in [2.05, 4.69) is 4.98 Å². The Balaban J connectivity index is 1.57. The SMILES string of the molecule is Cc1oc2[nH]c(=O)n(-c3ccccc3)c(=O)c2c1C(=O)N1CCOC(c2cccc(F)c2)C1. The molecule has 4 aromatic rings. The predicted octanol–water partition coefficient (Wildman–Crippen LogP) is 2.93. The summed E-state index contributed by atoms with van der Waals surface area (Å²) >= 11 is 0. The summed E-state index contributed by atoms with van der Waals surface area (Å²) in [4.78, 5) is 43.6. The second kappa shape index (κ2) is 8.18. The Morgan fingerprint density at radius 2 is 1.91 bits per heavy atom. The van der Waals surface area contributed by atoms with Crippen LogP contribution in [0.1, 0.15) is 27.8 Å². The molecule has 3 heterocycles. The lowest BCUT2D eigenvalue weighted by atomic mass is 10.1. The summed E-state index contributed by atoms with van der Waals surface area (Å²) in [6, 6.07) is 14.5. The van der Waals surface area contributed by atoms with Gasteiger partial charge in [-0.15, -0.1) is 0 Å². The van der Waals surface area contributed by atoms with Crippen LogP contribution in [0.15, 0.2) is 68.6 Å². The van der Waals surface area contributed by atoms with E-state index in [0.717, 1.165) is 4.57 Å². The molecule has 0 spiro atoms. The zero-order valence-electron chi connectivity index (χ0n) is 17.7. The second-order valence-electron chi connectivity index (χ2n) is 7.81. The highest BCUT2D eigenvalue weighted by Gasteiger charge is 2.31. The Labute approximate surface area is 186 Å². The van der Waals surface area contributed by atoms with E-state index in [-0.39, 0.29) is 41.4 Å². The molecule has 1 saturated heterocycles. The Kier molecular flexibility index (Phi) is 5.18. The number of aromatic amines is 1. The number of hydrogen-bond acceptors (Lipinski definition) is 5. The number of aryl methyl sites for hydroxylation is 1. The second-order valence-corrected chi connectivity index (χ2v) is 7.81. The quantitative estimate of drug-likeness (QED) is 0.519. The molecule has 2 aromatic heterocycles. The van der Waals surface area contributed by atoms with Gasteiger partial charge < -0.3 is 14.1 Å². The number of morpholine rings is 1. The molecule has 1 atom stereocenters. The molecule has 1 unspecified atom stereocenters. The minimum Gasteiger partial charge on any atom is -0.444 e. The van der Waals surface area contributed by atoms with Gasteiger partial charge in [-0.05, 0) is 36.8 Å². The fraction of sp³-hybridized carbons (Fsp3) is 0.208. The number of hydrogen-bond donors (Lipinski definition) is 1. The lowest BCUT2D eigenvalue weighted by molar-refractivity contribution is -0.0229. The van der Waals surface area contributed by atoms with Gasteiger partial charge >= 0.3 is 5.69 Å². The molecule has 9 heteroatoms. The summed E-state index contributed by atoms with van der Waals surface area (Å²) in [5, 5.41) is 0.00903. The number of para-hydroxylation sites is 1. The van der Waals surface area contributed by atoms with Crippen molar-refractivity contribution in [1.82, 2.24) is 14.5 Å². The number of amides is 1. The van der Waals surface area contributed by atoms with E-state index in [9.17, 15) is 18.8 Å². The van der Waals surface area contributed by atoms with Gasteiger partial charge in [-0.3, -0.25) is 14.6 Å². The highest BCUT2D eigenvalue weighted by atomic mass is 19.1. The molecule has 1 fully saturated rings. The number of aromatic nitrogens is 2. The number of rotatable bonds is 3. The van der Waals surface area contributed by atoms with Crippen molar-refractivity contribution in [2.45, 2.75) is 13.0 Å². The number of carbonyl (C=O) groups excluding carboxylic acids is 1. The van der Waals surface area contributed by atoms with Crippen molar-refractivity contribution in [3.63, 3.8) is 0 Å². The number of nitrogens with one attached hydrogen (secondary N) is 1. The fourth-order valence-electron chi connectivity index (χ4n) is 4.16. The van der Waals surface area contributed by atoms with Gasteiger partial charge in [-0.2, -0.15) is 0 Å². The monoisotopic (exact) mass is 449 g/mol. The molecule has 33 heavy (non-hydrogen) atoms. The largest absolute Gasteiger partial charge is 0.444 e. The maximum Gasteiger partial charge on any atom is 0.335 e. The standard InChI is InChI=1S/C24H20FN3O5/c1-14-19(22(29)27-10-11-32-18(13-27)15-6-5-7-16(25)12-15)20-21(33-14)26-24(31)28(23(20)30)17-8-3-2-4-9-17/h2-9,12,18H,10-11,13H2,1H3,(H,26,31). The van der Waals surface area contributed by atoms with E-state index < -0.39 is 23.3 Å². The number of furan rings is 1. The summed E-state index contributed by atoms with van der Waals surface area (Å²) in [6.07, 6.45) is -0.502. The van der Waals surface area contributed by atoms with Gasteiger partial charge in [-0.1, -0.05) is 30.3 Å². The van der Waals surface area contributed by atoms with Crippen LogP contribution >= 0.6 is 0 Å². The molecule has 2 aromatic carbocycles. The van der Waals surface area contributed by atoms with Crippen molar-refractivity contribution in [2.75, 3.05) is 19.7 Å². The van der Waals surface area contributed by atoms with Crippen LogP contribution < -0.4 is 11.2 Å². The molecule has 1 amide bonds. The third kappa shape index (κ3) is 3.66. The Bertz CT molecular complexity index is 1470. The molecule has 0 radical (unpaired) electrons. The maximum atomic E-state index is 13.7. The van der Waals surface area contributed by atoms with Crippen molar-refractivity contribution in [2.24, 2.45) is 0 Å². The van der Waals surface area contributed by atoms with Crippen molar-refractivity contribution >= 4 is 17.0 Å². The van der Waals surface area contributed by atoms with E-state index >= 15 is 0 Å². The van der Waals surface area contributed by atoms with E-state index in [1.165, 1.54) is 12.1 Å². The van der Waals surface area contributed by atoms with Crippen molar-refractivity contribution < 1.29 is 18.3 Å². The zero-order valence-corrected chi connectivity index (χ0v) is 17.7. The van der Waals surface area contributed by atoms with Crippen molar-refractivity contribution in [3.05, 3.63) is 98.1 Å². The number of nitrogens with zero attached hydrogens (tertiary/aromatic N) is 2. The van der Waals surface area contributed by atoms with Gasteiger partial charge in [-0.25, -0.2) is 13.8 Å². The normalized spacial score (nSPS) is 16.3. The first-order chi connectivity index (χ1) is 15.9. The molecule has 1 aliphatic heterocycles. The van der Waals surface area contributed by atoms with Crippen LogP contribution in [0, 0.1) is 12.7 Å². The smallest absolute Gasteiger partial charge is 0.335 e. The summed E-state index contributed by atoms with van der Waals surface area (Å²) in [5.41, 5.74) is -0.264.